The van der Waals surface area contributed by atoms with Crippen molar-refractivity contribution in [3.05, 3.63) is 38.7 Å². The molecule has 0 unspecified atom stereocenters. The number of anilines is 1. The maximum atomic E-state index is 12.3. The van der Waals surface area contributed by atoms with E-state index < -0.39 is 0 Å². The van der Waals surface area contributed by atoms with Gasteiger partial charge in [0, 0.05) is 23.2 Å². The van der Waals surface area contributed by atoms with Gasteiger partial charge in [0.1, 0.15) is 0 Å². The van der Waals surface area contributed by atoms with Gasteiger partial charge in [0.2, 0.25) is 0 Å². The van der Waals surface area contributed by atoms with Gasteiger partial charge < -0.3 is 0 Å². The molecule has 0 aliphatic heterocycles. The van der Waals surface area contributed by atoms with Crippen molar-refractivity contribution in [1.82, 2.24) is 14.8 Å². The molecule has 0 atom stereocenters. The van der Waals surface area contributed by atoms with Crippen molar-refractivity contribution in [2.75, 3.05) is 5.32 Å². The Labute approximate surface area is 135 Å². The number of hydrogen-bond donors (Lipinski definition) is 1. The number of nitrogens with zero attached hydrogens (tertiary/aromatic N) is 3. The molecular formula is C15H14N4OS2. The monoisotopic (exact) mass is 330 g/mol. The molecular weight excluding hydrogens is 316 g/mol. The second-order valence-electron chi connectivity index (χ2n) is 5.31. The zero-order chi connectivity index (χ0) is 15.3. The number of aromatic nitrogens is 3. The average Bonchev–Trinajstić information content (AvgIpc) is 3.17. The highest BCUT2D eigenvalue weighted by molar-refractivity contribution is 7.16. The predicted octanol–water partition coefficient (Wildman–Crippen LogP) is 3.26. The molecule has 7 heteroatoms. The number of fused-ring (bicyclic) bond motifs is 3. The van der Waals surface area contributed by atoms with Gasteiger partial charge in [0.15, 0.2) is 5.13 Å². The molecule has 1 aliphatic rings. The number of nitrogens with one attached hydrogen (secondary N) is 1. The summed E-state index contributed by atoms with van der Waals surface area (Å²) in [5.41, 5.74) is 4.27. The second kappa shape index (κ2) is 5.03. The molecule has 1 amide bonds. The Bertz CT molecular complexity index is 874. The van der Waals surface area contributed by atoms with Crippen LogP contribution >= 0.6 is 22.7 Å². The first-order valence-corrected chi connectivity index (χ1v) is 8.69. The summed E-state index contributed by atoms with van der Waals surface area (Å²) < 4.78 is 1.91. The molecule has 5 nitrogen and oxygen atoms in total. The lowest BCUT2D eigenvalue weighted by Gasteiger charge is -2.10. The molecule has 3 heterocycles. The standard InChI is InChI=1S/C15H14N4OS2/c1-8-5-6-21-13(8)14(20)18-15-17-12-9-7-16-19(2)10(9)3-4-11(12)22-15/h5-7H,3-4H2,1-2H3,(H,17,18,20). The molecule has 0 saturated heterocycles. The van der Waals surface area contributed by atoms with E-state index in [-0.39, 0.29) is 5.91 Å². The number of amides is 1. The Morgan fingerprint density at radius 2 is 2.27 bits per heavy atom. The third-order valence-corrected chi connectivity index (χ3v) is 5.94. The fourth-order valence-corrected chi connectivity index (χ4v) is 4.52. The number of thiazole rings is 1. The first-order valence-electron chi connectivity index (χ1n) is 7.00. The van der Waals surface area contributed by atoms with Crippen molar-refractivity contribution in [3.63, 3.8) is 0 Å². The first-order chi connectivity index (χ1) is 10.6. The first kappa shape index (κ1) is 13.7. The minimum atomic E-state index is -0.0787. The number of carbonyl (C=O) groups excluding carboxylic acids is 1. The van der Waals surface area contributed by atoms with E-state index in [2.05, 4.69) is 15.4 Å². The lowest BCUT2D eigenvalue weighted by molar-refractivity contribution is 0.103. The van der Waals surface area contributed by atoms with Gasteiger partial charge in [-0.2, -0.15) is 5.10 Å². The van der Waals surface area contributed by atoms with E-state index in [1.807, 2.05) is 36.3 Å². The molecule has 1 N–H and O–H groups in total. The average molecular weight is 330 g/mol. The van der Waals surface area contributed by atoms with Gasteiger partial charge in [-0.3, -0.25) is 14.8 Å². The van der Waals surface area contributed by atoms with E-state index in [9.17, 15) is 4.79 Å². The summed E-state index contributed by atoms with van der Waals surface area (Å²) in [6, 6.07) is 1.95. The molecule has 0 aromatic carbocycles. The SMILES string of the molecule is Cc1ccsc1C(=O)Nc1nc2c(s1)CCc1c-2cnn1C. The van der Waals surface area contributed by atoms with Crippen molar-refractivity contribution in [3.8, 4) is 11.3 Å². The molecule has 0 saturated carbocycles. The van der Waals surface area contributed by atoms with Crippen LogP contribution in [0, 0.1) is 6.92 Å². The smallest absolute Gasteiger partial charge is 0.267 e. The largest absolute Gasteiger partial charge is 0.297 e. The molecule has 0 fully saturated rings. The van der Waals surface area contributed by atoms with Crippen molar-refractivity contribution >= 4 is 33.7 Å². The summed E-state index contributed by atoms with van der Waals surface area (Å²) in [6.07, 6.45) is 3.79. The minimum absolute atomic E-state index is 0.0787. The highest BCUT2D eigenvalue weighted by atomic mass is 32.1. The van der Waals surface area contributed by atoms with E-state index in [4.69, 9.17) is 0 Å². The third-order valence-electron chi connectivity index (χ3n) is 3.89. The van der Waals surface area contributed by atoms with E-state index in [1.54, 1.807) is 11.3 Å². The van der Waals surface area contributed by atoms with E-state index in [0.717, 1.165) is 34.5 Å². The van der Waals surface area contributed by atoms with Crippen LogP contribution in [0.3, 0.4) is 0 Å². The molecule has 0 bridgehead atoms. The van der Waals surface area contributed by atoms with E-state index in [0.29, 0.717) is 5.13 Å². The van der Waals surface area contributed by atoms with Crippen LogP contribution in [0.2, 0.25) is 0 Å². The maximum absolute atomic E-state index is 12.3. The Hall–Kier alpha value is -1.99. The maximum Gasteiger partial charge on any atom is 0.267 e. The van der Waals surface area contributed by atoms with Crippen LogP contribution in [-0.2, 0) is 19.9 Å². The van der Waals surface area contributed by atoms with Gasteiger partial charge in [0.05, 0.1) is 16.8 Å². The van der Waals surface area contributed by atoms with Crippen LogP contribution in [0.5, 0.6) is 0 Å². The molecule has 4 rings (SSSR count). The summed E-state index contributed by atoms with van der Waals surface area (Å²) in [6.45, 7) is 1.94. The number of rotatable bonds is 2. The van der Waals surface area contributed by atoms with Crippen LogP contribution in [0.25, 0.3) is 11.3 Å². The highest BCUT2D eigenvalue weighted by Gasteiger charge is 2.24. The molecule has 0 spiro atoms. The molecule has 1 aliphatic carbocycles. The van der Waals surface area contributed by atoms with Crippen molar-refractivity contribution in [2.24, 2.45) is 7.05 Å². The lowest BCUT2D eigenvalue weighted by Crippen LogP contribution is -2.11. The predicted molar refractivity (Wildman–Crippen MR) is 88.7 cm³/mol. The number of carbonyl (C=O) groups is 1. The molecule has 3 aromatic heterocycles. The van der Waals surface area contributed by atoms with Crippen molar-refractivity contribution in [2.45, 2.75) is 19.8 Å². The van der Waals surface area contributed by atoms with E-state index >= 15 is 0 Å². The summed E-state index contributed by atoms with van der Waals surface area (Å²) >= 11 is 3.02. The van der Waals surface area contributed by atoms with Gasteiger partial charge in [-0.05, 0) is 36.8 Å². The van der Waals surface area contributed by atoms with Crippen LogP contribution < -0.4 is 5.32 Å². The van der Waals surface area contributed by atoms with Gasteiger partial charge in [-0.15, -0.1) is 22.7 Å². The fraction of sp³-hybridized carbons (Fsp3) is 0.267. The zero-order valence-corrected chi connectivity index (χ0v) is 13.8. The Morgan fingerprint density at radius 1 is 1.41 bits per heavy atom. The lowest BCUT2D eigenvalue weighted by atomic mass is 10.0. The van der Waals surface area contributed by atoms with Crippen molar-refractivity contribution in [1.29, 1.82) is 0 Å². The fourth-order valence-electron chi connectivity index (χ4n) is 2.73. The molecule has 22 heavy (non-hydrogen) atoms. The Kier molecular flexibility index (Phi) is 3.12. The summed E-state index contributed by atoms with van der Waals surface area (Å²) in [7, 11) is 1.96. The van der Waals surface area contributed by atoms with E-state index in [1.165, 1.54) is 21.9 Å². The summed E-state index contributed by atoms with van der Waals surface area (Å²) in [5.74, 6) is -0.0787. The van der Waals surface area contributed by atoms with Gasteiger partial charge in [-0.1, -0.05) is 0 Å². The normalized spacial score (nSPS) is 12.8. The van der Waals surface area contributed by atoms with Crippen LogP contribution in [0.1, 0.15) is 25.8 Å². The minimum Gasteiger partial charge on any atom is -0.297 e. The van der Waals surface area contributed by atoms with Gasteiger partial charge >= 0.3 is 0 Å². The zero-order valence-electron chi connectivity index (χ0n) is 12.2. The Morgan fingerprint density at radius 3 is 3.05 bits per heavy atom. The molecule has 3 aromatic rings. The third kappa shape index (κ3) is 2.08. The van der Waals surface area contributed by atoms with Crippen molar-refractivity contribution < 1.29 is 4.79 Å². The number of hydrogen-bond acceptors (Lipinski definition) is 5. The topological polar surface area (TPSA) is 59.8 Å². The van der Waals surface area contributed by atoms with Crippen LogP contribution in [0.4, 0.5) is 5.13 Å². The van der Waals surface area contributed by atoms with Gasteiger partial charge in [-0.25, -0.2) is 4.98 Å². The Balaban J connectivity index is 1.65. The second-order valence-corrected chi connectivity index (χ2v) is 7.31. The quantitative estimate of drug-likeness (QED) is 0.784. The summed E-state index contributed by atoms with van der Waals surface area (Å²) in [4.78, 5) is 18.9. The molecule has 0 radical (unpaired) electrons. The van der Waals surface area contributed by atoms with Gasteiger partial charge in [0.25, 0.3) is 5.91 Å². The highest BCUT2D eigenvalue weighted by Crippen LogP contribution is 2.38. The van der Waals surface area contributed by atoms with Crippen LogP contribution in [0.15, 0.2) is 17.6 Å². The summed E-state index contributed by atoms with van der Waals surface area (Å²) in [5, 5.41) is 9.84. The molecule has 112 valence electrons. The number of thiophene rings is 1. The number of aryl methyl sites for hydroxylation is 3. The van der Waals surface area contributed by atoms with Crippen LogP contribution in [-0.4, -0.2) is 20.7 Å².